The number of rotatable bonds is 2. The van der Waals surface area contributed by atoms with Crippen molar-refractivity contribution in [3.05, 3.63) is 11.6 Å². The number of carboxylic acids is 1. The molecule has 0 fully saturated rings. The first-order chi connectivity index (χ1) is 3.66. The Morgan fingerprint density at radius 1 is 1.88 bits per heavy atom. The van der Waals surface area contributed by atoms with Crippen LogP contribution in [0.25, 0.3) is 0 Å². The van der Waals surface area contributed by atoms with E-state index in [0.29, 0.717) is 5.33 Å². The summed E-state index contributed by atoms with van der Waals surface area (Å²) in [6.07, 6.45) is 1.18. The Morgan fingerprint density at radius 2 is 2.38 bits per heavy atom. The van der Waals surface area contributed by atoms with Crippen molar-refractivity contribution in [1.82, 2.24) is 0 Å². The molecular weight excluding hydrogens is 172 g/mol. The minimum atomic E-state index is -0.887. The number of carbonyl (C=O) groups is 1. The number of halogens is 1. The van der Waals surface area contributed by atoms with E-state index < -0.39 is 5.97 Å². The van der Waals surface area contributed by atoms with Gasteiger partial charge in [-0.2, -0.15) is 0 Å². The van der Waals surface area contributed by atoms with Crippen LogP contribution in [0.5, 0.6) is 0 Å². The van der Waals surface area contributed by atoms with Crippen molar-refractivity contribution in [2.24, 2.45) is 0 Å². The SMILES string of the molecule is C/C(=C/C(=O)O)CBr. The van der Waals surface area contributed by atoms with Gasteiger partial charge in [0.1, 0.15) is 0 Å². The van der Waals surface area contributed by atoms with Gasteiger partial charge in [0.05, 0.1) is 0 Å². The van der Waals surface area contributed by atoms with Gasteiger partial charge in [-0.3, -0.25) is 0 Å². The van der Waals surface area contributed by atoms with E-state index >= 15 is 0 Å². The third kappa shape index (κ3) is 3.87. The molecule has 0 bridgehead atoms. The quantitative estimate of drug-likeness (QED) is 0.514. The van der Waals surface area contributed by atoms with Crippen molar-refractivity contribution < 1.29 is 9.90 Å². The lowest BCUT2D eigenvalue weighted by atomic mass is 10.3. The van der Waals surface area contributed by atoms with Crippen LogP contribution in [0, 0.1) is 0 Å². The van der Waals surface area contributed by atoms with Crippen molar-refractivity contribution in [2.75, 3.05) is 5.33 Å². The summed E-state index contributed by atoms with van der Waals surface area (Å²) in [6.45, 7) is 1.75. The Bertz CT molecular complexity index is 118. The molecule has 0 saturated carbocycles. The van der Waals surface area contributed by atoms with Crippen LogP contribution in [-0.4, -0.2) is 16.4 Å². The Kier molecular flexibility index (Phi) is 3.52. The summed E-state index contributed by atoms with van der Waals surface area (Å²) in [5.74, 6) is -0.887. The molecule has 0 spiro atoms. The van der Waals surface area contributed by atoms with Crippen molar-refractivity contribution in [1.29, 1.82) is 0 Å². The second-order valence-corrected chi connectivity index (χ2v) is 2.02. The highest BCUT2D eigenvalue weighted by Crippen LogP contribution is 1.95. The summed E-state index contributed by atoms with van der Waals surface area (Å²) in [6, 6.07) is 0. The lowest BCUT2D eigenvalue weighted by Crippen LogP contribution is -1.89. The fourth-order valence-corrected chi connectivity index (χ4v) is 0.411. The van der Waals surface area contributed by atoms with E-state index in [1.807, 2.05) is 0 Å². The normalized spacial score (nSPS) is 11.5. The van der Waals surface area contributed by atoms with Crippen LogP contribution >= 0.6 is 15.9 Å². The fourth-order valence-electron chi connectivity index (χ4n) is 0.249. The highest BCUT2D eigenvalue weighted by Gasteiger charge is 1.88. The number of hydrogen-bond acceptors (Lipinski definition) is 1. The van der Waals surface area contributed by atoms with Gasteiger partial charge in [-0.25, -0.2) is 4.79 Å². The molecule has 2 nitrogen and oxygen atoms in total. The molecule has 0 aliphatic rings. The van der Waals surface area contributed by atoms with Crippen molar-refractivity contribution in [3.63, 3.8) is 0 Å². The molecule has 0 amide bonds. The van der Waals surface area contributed by atoms with Gasteiger partial charge in [0, 0.05) is 11.4 Å². The smallest absolute Gasteiger partial charge is 0.328 e. The highest BCUT2D eigenvalue weighted by atomic mass is 79.9. The molecule has 0 unspecified atom stereocenters. The summed E-state index contributed by atoms with van der Waals surface area (Å²) in [5, 5.41) is 8.74. The summed E-state index contributed by atoms with van der Waals surface area (Å²) in [7, 11) is 0. The van der Waals surface area contributed by atoms with E-state index in [4.69, 9.17) is 5.11 Å². The fraction of sp³-hybridized carbons (Fsp3) is 0.400. The first-order valence-corrected chi connectivity index (χ1v) is 3.25. The van der Waals surface area contributed by atoms with E-state index in [9.17, 15) is 4.79 Å². The lowest BCUT2D eigenvalue weighted by molar-refractivity contribution is -0.131. The number of alkyl halides is 1. The molecule has 0 aromatic rings. The molecule has 0 aromatic carbocycles. The molecule has 46 valence electrons. The first-order valence-electron chi connectivity index (χ1n) is 2.13. The Labute approximate surface area is 56.3 Å². The summed E-state index contributed by atoms with van der Waals surface area (Å²) in [5.41, 5.74) is 0.817. The molecule has 0 aliphatic carbocycles. The minimum absolute atomic E-state index is 0.624. The molecule has 0 heterocycles. The predicted octanol–water partition coefficient (Wildman–Crippen LogP) is 1.41. The summed E-state index contributed by atoms with van der Waals surface area (Å²) < 4.78 is 0. The first kappa shape index (κ1) is 7.69. The maximum Gasteiger partial charge on any atom is 0.328 e. The lowest BCUT2D eigenvalue weighted by Gasteiger charge is -1.86. The monoisotopic (exact) mass is 178 g/mol. The molecule has 0 aromatic heterocycles. The number of aliphatic carboxylic acids is 1. The van der Waals surface area contributed by atoms with E-state index in [0.717, 1.165) is 5.57 Å². The Morgan fingerprint density at radius 3 is 2.50 bits per heavy atom. The number of allylic oxidation sites excluding steroid dienone is 1. The molecule has 3 heteroatoms. The molecule has 1 N–H and O–H groups in total. The van der Waals surface area contributed by atoms with E-state index in [1.54, 1.807) is 6.92 Å². The van der Waals surface area contributed by atoms with Gasteiger partial charge in [-0.1, -0.05) is 21.5 Å². The molecule has 0 aliphatic heterocycles. The maximum atomic E-state index is 9.87. The topological polar surface area (TPSA) is 37.3 Å². The predicted molar refractivity (Wildman–Crippen MR) is 35.2 cm³/mol. The highest BCUT2D eigenvalue weighted by molar-refractivity contribution is 9.09. The van der Waals surface area contributed by atoms with Crippen molar-refractivity contribution >= 4 is 21.9 Å². The molecule has 0 atom stereocenters. The third-order valence-electron chi connectivity index (χ3n) is 0.581. The average Bonchev–Trinajstić information content (AvgIpc) is 1.65. The second-order valence-electron chi connectivity index (χ2n) is 1.46. The zero-order valence-corrected chi connectivity index (χ0v) is 6.10. The summed E-state index contributed by atoms with van der Waals surface area (Å²) >= 11 is 3.11. The standard InChI is InChI=1S/C5H7BrO2/c1-4(3-6)2-5(7)8/h2H,3H2,1H3,(H,7,8)/b4-2-. The second kappa shape index (κ2) is 3.66. The molecule has 0 radical (unpaired) electrons. The Hall–Kier alpha value is -0.310. The van der Waals surface area contributed by atoms with Gasteiger partial charge in [0.15, 0.2) is 0 Å². The zero-order chi connectivity index (χ0) is 6.57. The average molecular weight is 179 g/mol. The van der Waals surface area contributed by atoms with Crippen LogP contribution in [-0.2, 0) is 4.79 Å². The summed E-state index contributed by atoms with van der Waals surface area (Å²) in [4.78, 5) is 9.87. The van der Waals surface area contributed by atoms with E-state index in [-0.39, 0.29) is 0 Å². The van der Waals surface area contributed by atoms with Crippen LogP contribution in [0.3, 0.4) is 0 Å². The molecule has 0 saturated heterocycles. The number of hydrogen-bond donors (Lipinski definition) is 1. The van der Waals surface area contributed by atoms with Gasteiger partial charge in [0.2, 0.25) is 0 Å². The third-order valence-corrected chi connectivity index (χ3v) is 1.47. The van der Waals surface area contributed by atoms with Gasteiger partial charge in [-0.05, 0) is 6.92 Å². The van der Waals surface area contributed by atoms with Crippen LogP contribution in [0.1, 0.15) is 6.92 Å². The zero-order valence-electron chi connectivity index (χ0n) is 4.52. The van der Waals surface area contributed by atoms with Crippen LogP contribution in [0.15, 0.2) is 11.6 Å². The molecule has 0 rings (SSSR count). The van der Waals surface area contributed by atoms with Gasteiger partial charge < -0.3 is 5.11 Å². The van der Waals surface area contributed by atoms with Crippen LogP contribution < -0.4 is 0 Å². The molecule has 8 heavy (non-hydrogen) atoms. The molecular formula is C5H7BrO2. The van der Waals surface area contributed by atoms with Crippen LogP contribution in [0.2, 0.25) is 0 Å². The number of carboxylic acid groups (broad SMARTS) is 1. The Balaban J connectivity index is 3.75. The van der Waals surface area contributed by atoms with Gasteiger partial charge >= 0.3 is 5.97 Å². The van der Waals surface area contributed by atoms with Gasteiger partial charge in [0.25, 0.3) is 0 Å². The minimum Gasteiger partial charge on any atom is -0.478 e. The van der Waals surface area contributed by atoms with Crippen molar-refractivity contribution in [2.45, 2.75) is 6.92 Å². The van der Waals surface area contributed by atoms with Gasteiger partial charge in [-0.15, -0.1) is 0 Å². The largest absolute Gasteiger partial charge is 0.478 e. The van der Waals surface area contributed by atoms with E-state index in [1.165, 1.54) is 6.08 Å². The maximum absolute atomic E-state index is 9.87. The van der Waals surface area contributed by atoms with Crippen LogP contribution in [0.4, 0.5) is 0 Å². The van der Waals surface area contributed by atoms with E-state index in [2.05, 4.69) is 15.9 Å². The van der Waals surface area contributed by atoms with Crippen molar-refractivity contribution in [3.8, 4) is 0 Å².